The van der Waals surface area contributed by atoms with E-state index in [4.69, 9.17) is 21.3 Å². The molecule has 1 aliphatic heterocycles. The summed E-state index contributed by atoms with van der Waals surface area (Å²) in [5, 5.41) is 0.769. The number of aryl methyl sites for hydroxylation is 2. The fourth-order valence-electron chi connectivity index (χ4n) is 5.42. The number of fused-ring (bicyclic) bond motifs is 2. The van der Waals surface area contributed by atoms with Crippen molar-refractivity contribution in [2.24, 2.45) is 5.92 Å². The summed E-state index contributed by atoms with van der Waals surface area (Å²) in [5.41, 5.74) is 5.71. The Morgan fingerprint density at radius 2 is 1.91 bits per heavy atom. The summed E-state index contributed by atoms with van der Waals surface area (Å²) in [6.45, 7) is 0.655. The van der Waals surface area contributed by atoms with Gasteiger partial charge in [-0.05, 0) is 94.6 Å². The maximum Gasteiger partial charge on any atom is 0.255 e. The van der Waals surface area contributed by atoms with Gasteiger partial charge in [0, 0.05) is 40.8 Å². The number of carbonyl (C=O) groups is 1. The third kappa shape index (κ3) is 4.46. The lowest BCUT2D eigenvalue weighted by atomic mass is 9.76. The Hall–Kier alpha value is -2.21. The van der Waals surface area contributed by atoms with E-state index in [-0.39, 0.29) is 18.1 Å². The van der Waals surface area contributed by atoms with Crippen molar-refractivity contribution in [1.82, 2.24) is 9.88 Å². The van der Waals surface area contributed by atoms with Crippen LogP contribution in [0, 0.1) is 5.92 Å². The lowest BCUT2D eigenvalue weighted by Crippen LogP contribution is -2.48. The van der Waals surface area contributed by atoms with Gasteiger partial charge in [-0.2, -0.15) is 0 Å². The molecule has 2 aromatic carbocycles. The fraction of sp³-hybridized carbons (Fsp3) is 0.333. The highest BCUT2D eigenvalue weighted by Crippen LogP contribution is 2.44. The summed E-state index contributed by atoms with van der Waals surface area (Å²) in [7, 11) is 1.70. The SMILES string of the molecule is COC1C[C@H]([C@@H]2c3ccc(Cl)cc3CCc3cc(Br)cnc32)CCN1C(=O)c1ccccc1. The van der Waals surface area contributed by atoms with Gasteiger partial charge in [-0.1, -0.05) is 35.9 Å². The third-order valence-corrected chi connectivity index (χ3v) is 7.65. The molecule has 0 bridgehead atoms. The highest BCUT2D eigenvalue weighted by molar-refractivity contribution is 9.10. The van der Waals surface area contributed by atoms with Gasteiger partial charge in [0.05, 0.1) is 5.69 Å². The molecule has 0 N–H and O–H groups in total. The molecule has 0 spiro atoms. The molecule has 3 atom stereocenters. The zero-order valence-electron chi connectivity index (χ0n) is 18.5. The van der Waals surface area contributed by atoms with Crippen molar-refractivity contribution >= 4 is 33.4 Å². The van der Waals surface area contributed by atoms with Crippen LogP contribution in [0.1, 0.15) is 51.5 Å². The van der Waals surface area contributed by atoms with Gasteiger partial charge < -0.3 is 9.64 Å². The zero-order chi connectivity index (χ0) is 22.9. The second-order valence-electron chi connectivity index (χ2n) is 8.86. The molecule has 2 aliphatic rings. The van der Waals surface area contributed by atoms with Crippen molar-refractivity contribution in [3.63, 3.8) is 0 Å². The molecule has 1 fully saturated rings. The molecular formula is C27H26BrClN2O2. The highest BCUT2D eigenvalue weighted by Gasteiger charge is 2.39. The number of piperidine rings is 1. The molecule has 5 rings (SSSR count). The number of benzene rings is 2. The van der Waals surface area contributed by atoms with Gasteiger partial charge >= 0.3 is 0 Å². The van der Waals surface area contributed by atoms with Gasteiger partial charge in [0.25, 0.3) is 5.91 Å². The number of halogens is 2. The van der Waals surface area contributed by atoms with Gasteiger partial charge in [0.1, 0.15) is 6.23 Å². The maximum atomic E-state index is 13.2. The van der Waals surface area contributed by atoms with E-state index in [1.54, 1.807) is 7.11 Å². The van der Waals surface area contributed by atoms with Crippen LogP contribution < -0.4 is 0 Å². The van der Waals surface area contributed by atoms with Crippen molar-refractivity contribution in [3.8, 4) is 0 Å². The molecule has 1 unspecified atom stereocenters. The van der Waals surface area contributed by atoms with Gasteiger partial charge in [0.15, 0.2) is 0 Å². The fourth-order valence-corrected chi connectivity index (χ4v) is 5.99. The van der Waals surface area contributed by atoms with Crippen LogP contribution in [0.25, 0.3) is 0 Å². The highest BCUT2D eigenvalue weighted by atomic mass is 79.9. The first-order valence-electron chi connectivity index (χ1n) is 11.4. The number of pyridine rings is 1. The van der Waals surface area contributed by atoms with E-state index in [2.05, 4.69) is 34.1 Å². The number of rotatable bonds is 3. The van der Waals surface area contributed by atoms with E-state index in [1.807, 2.05) is 47.5 Å². The predicted octanol–water partition coefficient (Wildman–Crippen LogP) is 6.25. The van der Waals surface area contributed by atoms with Gasteiger partial charge in [-0.25, -0.2) is 0 Å². The Morgan fingerprint density at radius 3 is 2.70 bits per heavy atom. The van der Waals surface area contributed by atoms with Crippen molar-refractivity contribution in [2.75, 3.05) is 13.7 Å². The van der Waals surface area contributed by atoms with Crippen molar-refractivity contribution in [2.45, 2.75) is 37.8 Å². The van der Waals surface area contributed by atoms with E-state index in [1.165, 1.54) is 16.7 Å². The predicted molar refractivity (Wildman–Crippen MR) is 134 cm³/mol. The zero-order valence-corrected chi connectivity index (χ0v) is 20.8. The average Bonchev–Trinajstić information content (AvgIpc) is 3.00. The third-order valence-electron chi connectivity index (χ3n) is 6.98. The van der Waals surface area contributed by atoms with Crippen molar-refractivity contribution < 1.29 is 9.53 Å². The molecule has 3 aromatic rings. The van der Waals surface area contributed by atoms with Crippen LogP contribution in [0.15, 0.2) is 65.3 Å². The Kier molecular flexibility index (Phi) is 6.55. The Morgan fingerprint density at radius 1 is 1.12 bits per heavy atom. The Labute approximate surface area is 208 Å². The van der Waals surface area contributed by atoms with E-state index in [0.29, 0.717) is 18.0 Å². The smallest absolute Gasteiger partial charge is 0.255 e. The summed E-state index contributed by atoms with van der Waals surface area (Å²) >= 11 is 9.97. The van der Waals surface area contributed by atoms with E-state index in [0.717, 1.165) is 40.9 Å². The first-order valence-corrected chi connectivity index (χ1v) is 12.5. The van der Waals surface area contributed by atoms with Gasteiger partial charge in [-0.15, -0.1) is 0 Å². The summed E-state index contributed by atoms with van der Waals surface area (Å²) in [4.78, 5) is 20.0. The molecular weight excluding hydrogens is 500 g/mol. The summed E-state index contributed by atoms with van der Waals surface area (Å²) in [6.07, 6.45) is 5.16. The maximum absolute atomic E-state index is 13.2. The first kappa shape index (κ1) is 22.6. The quantitative estimate of drug-likeness (QED) is 0.406. The van der Waals surface area contributed by atoms with E-state index in [9.17, 15) is 4.79 Å². The number of likely N-dealkylation sites (tertiary alicyclic amines) is 1. The molecule has 1 aliphatic carbocycles. The molecule has 170 valence electrons. The summed E-state index contributed by atoms with van der Waals surface area (Å²) in [6, 6.07) is 17.9. The average molecular weight is 526 g/mol. The number of methoxy groups -OCH3 is 1. The number of hydrogen-bond acceptors (Lipinski definition) is 3. The standard InChI is InChI=1S/C27H26BrClN2O2/c1-33-24-15-19(11-12-31(24)27(32)17-5-3-2-4-6-17)25-23-10-9-22(29)14-18(23)7-8-20-13-21(28)16-30-26(20)25/h2-6,9-10,13-14,16,19,24-25H,7-8,11-12,15H2,1H3/t19-,24?,25-/m1/s1. The lowest BCUT2D eigenvalue weighted by molar-refractivity contribution is -0.0560. The van der Waals surface area contributed by atoms with E-state index >= 15 is 0 Å². The number of aromatic nitrogens is 1. The number of ether oxygens (including phenoxy) is 1. The van der Waals surface area contributed by atoms with Crippen LogP contribution in [0.5, 0.6) is 0 Å². The Balaban J connectivity index is 1.50. The van der Waals surface area contributed by atoms with Crippen molar-refractivity contribution in [3.05, 3.63) is 98.2 Å². The molecule has 0 saturated carbocycles. The second kappa shape index (κ2) is 9.57. The lowest BCUT2D eigenvalue weighted by Gasteiger charge is -2.41. The van der Waals surface area contributed by atoms with E-state index < -0.39 is 0 Å². The van der Waals surface area contributed by atoms with Crippen LogP contribution in [0.2, 0.25) is 5.02 Å². The topological polar surface area (TPSA) is 42.4 Å². The number of nitrogens with zero attached hydrogens (tertiary/aromatic N) is 2. The minimum Gasteiger partial charge on any atom is -0.362 e. The van der Waals surface area contributed by atoms with Crippen LogP contribution in [-0.4, -0.2) is 35.7 Å². The second-order valence-corrected chi connectivity index (χ2v) is 10.2. The van der Waals surface area contributed by atoms with Gasteiger partial charge in [0.2, 0.25) is 0 Å². The normalized spacial score (nSPS) is 22.3. The monoisotopic (exact) mass is 524 g/mol. The first-order chi connectivity index (χ1) is 16.0. The van der Waals surface area contributed by atoms with Crippen molar-refractivity contribution in [1.29, 1.82) is 0 Å². The minimum absolute atomic E-state index is 0.0244. The molecule has 1 saturated heterocycles. The Bertz CT molecular complexity index is 1120. The molecule has 6 heteroatoms. The molecule has 1 aromatic heterocycles. The molecule has 33 heavy (non-hydrogen) atoms. The summed E-state index contributed by atoms with van der Waals surface area (Å²) in [5.74, 6) is 0.478. The number of carbonyl (C=O) groups excluding carboxylic acids is 1. The molecule has 4 nitrogen and oxygen atoms in total. The van der Waals surface area contributed by atoms with Crippen LogP contribution >= 0.6 is 27.5 Å². The molecule has 0 radical (unpaired) electrons. The minimum atomic E-state index is -0.269. The molecule has 2 heterocycles. The van der Waals surface area contributed by atoms with Crippen LogP contribution in [0.4, 0.5) is 0 Å². The van der Waals surface area contributed by atoms with Gasteiger partial charge in [-0.3, -0.25) is 9.78 Å². The molecule has 1 amide bonds. The summed E-state index contributed by atoms with van der Waals surface area (Å²) < 4.78 is 6.87. The number of hydrogen-bond donors (Lipinski definition) is 0. The largest absolute Gasteiger partial charge is 0.362 e. The number of amides is 1. The van der Waals surface area contributed by atoms with Crippen LogP contribution in [0.3, 0.4) is 0 Å². The van der Waals surface area contributed by atoms with Crippen LogP contribution in [-0.2, 0) is 17.6 Å².